The summed E-state index contributed by atoms with van der Waals surface area (Å²) in [6, 6.07) is 2.34. The Morgan fingerprint density at radius 1 is 1.25 bits per heavy atom. The van der Waals surface area contributed by atoms with Crippen molar-refractivity contribution >= 4 is 11.9 Å². The van der Waals surface area contributed by atoms with Crippen LogP contribution in [0.2, 0.25) is 0 Å². The number of carbonyl (C=O) groups is 2. The fraction of sp³-hybridized carbons (Fsp3) is 0.529. The van der Waals surface area contributed by atoms with Crippen LogP contribution in [0.1, 0.15) is 49.9 Å². The summed E-state index contributed by atoms with van der Waals surface area (Å²) in [6.45, 7) is 3.71. The minimum Gasteiger partial charge on any atom is -0.504 e. The maximum atomic E-state index is 12.3. The lowest BCUT2D eigenvalue weighted by Crippen LogP contribution is -2.27. The standard InChI is InChI=1S/C17H24O7/c1-4-5-6-13(10(2)7-15(19)20)24-17(22)11-8-12(18)16(21)14(9-11)23-3/h8-10,13,18,21H,4-7H2,1-3H3,(H,19,20)/t10-,13-/m0/s1. The summed E-state index contributed by atoms with van der Waals surface area (Å²) in [5, 5.41) is 28.2. The lowest BCUT2D eigenvalue weighted by Gasteiger charge is -2.23. The summed E-state index contributed by atoms with van der Waals surface area (Å²) in [5.74, 6) is -3.01. The third kappa shape index (κ3) is 5.33. The van der Waals surface area contributed by atoms with Crippen molar-refractivity contribution in [1.82, 2.24) is 0 Å². The van der Waals surface area contributed by atoms with Crippen molar-refractivity contribution in [2.24, 2.45) is 5.92 Å². The van der Waals surface area contributed by atoms with E-state index in [2.05, 4.69) is 0 Å². The average Bonchev–Trinajstić information content (AvgIpc) is 2.52. The van der Waals surface area contributed by atoms with Gasteiger partial charge in [-0.3, -0.25) is 4.79 Å². The number of benzene rings is 1. The van der Waals surface area contributed by atoms with Crippen molar-refractivity contribution < 1.29 is 34.4 Å². The van der Waals surface area contributed by atoms with Gasteiger partial charge in [0.25, 0.3) is 0 Å². The number of carboxylic acids is 1. The number of carboxylic acid groups (broad SMARTS) is 1. The number of hydrogen-bond donors (Lipinski definition) is 3. The Morgan fingerprint density at radius 2 is 1.92 bits per heavy atom. The van der Waals surface area contributed by atoms with E-state index in [1.807, 2.05) is 6.92 Å². The highest BCUT2D eigenvalue weighted by atomic mass is 16.5. The number of aliphatic carboxylic acids is 1. The van der Waals surface area contributed by atoms with Crippen LogP contribution in [0.3, 0.4) is 0 Å². The summed E-state index contributed by atoms with van der Waals surface area (Å²) in [4.78, 5) is 23.2. The number of esters is 1. The lowest BCUT2D eigenvalue weighted by molar-refractivity contribution is -0.139. The van der Waals surface area contributed by atoms with Crippen molar-refractivity contribution in [2.45, 2.75) is 45.6 Å². The van der Waals surface area contributed by atoms with E-state index in [1.54, 1.807) is 6.92 Å². The fourth-order valence-electron chi connectivity index (χ4n) is 2.34. The minimum absolute atomic E-state index is 0.0196. The Morgan fingerprint density at radius 3 is 2.46 bits per heavy atom. The zero-order chi connectivity index (χ0) is 18.3. The molecule has 0 aliphatic rings. The van der Waals surface area contributed by atoms with Crippen LogP contribution in [0, 0.1) is 5.92 Å². The molecule has 1 aromatic carbocycles. The molecule has 1 rings (SSSR count). The van der Waals surface area contributed by atoms with Crippen molar-refractivity contribution in [3.63, 3.8) is 0 Å². The quantitative estimate of drug-likeness (QED) is 0.468. The van der Waals surface area contributed by atoms with Gasteiger partial charge in [0.15, 0.2) is 11.5 Å². The third-order valence-electron chi connectivity index (χ3n) is 3.74. The third-order valence-corrected chi connectivity index (χ3v) is 3.74. The number of methoxy groups -OCH3 is 1. The van der Waals surface area contributed by atoms with Gasteiger partial charge in [0.1, 0.15) is 6.10 Å². The maximum absolute atomic E-state index is 12.3. The van der Waals surface area contributed by atoms with Crippen molar-refractivity contribution in [1.29, 1.82) is 0 Å². The summed E-state index contributed by atoms with van der Waals surface area (Å²) in [7, 11) is 1.29. The number of unbranched alkanes of at least 4 members (excludes halogenated alkanes) is 1. The zero-order valence-electron chi connectivity index (χ0n) is 14.1. The van der Waals surface area contributed by atoms with Gasteiger partial charge >= 0.3 is 11.9 Å². The molecule has 0 fully saturated rings. The van der Waals surface area contributed by atoms with Crippen molar-refractivity contribution in [3.05, 3.63) is 17.7 Å². The van der Waals surface area contributed by atoms with Gasteiger partial charge in [-0.25, -0.2) is 4.79 Å². The topological polar surface area (TPSA) is 113 Å². The highest BCUT2D eigenvalue weighted by Gasteiger charge is 2.25. The molecule has 0 saturated carbocycles. The van der Waals surface area contributed by atoms with E-state index in [-0.39, 0.29) is 23.7 Å². The van der Waals surface area contributed by atoms with Gasteiger partial charge in [-0.15, -0.1) is 0 Å². The molecule has 0 bridgehead atoms. The molecule has 0 saturated heterocycles. The summed E-state index contributed by atoms with van der Waals surface area (Å²) in [5.41, 5.74) is 0.0196. The van der Waals surface area contributed by atoms with Gasteiger partial charge in [0, 0.05) is 5.92 Å². The van der Waals surface area contributed by atoms with Gasteiger partial charge in [-0.1, -0.05) is 26.7 Å². The van der Waals surface area contributed by atoms with E-state index in [0.717, 1.165) is 18.9 Å². The highest BCUT2D eigenvalue weighted by molar-refractivity contribution is 5.91. The van der Waals surface area contributed by atoms with Crippen LogP contribution in [0.4, 0.5) is 0 Å². The van der Waals surface area contributed by atoms with Gasteiger partial charge in [0.05, 0.1) is 19.1 Å². The predicted octanol–water partition coefficient (Wildman–Crippen LogP) is 2.93. The van der Waals surface area contributed by atoms with E-state index in [4.69, 9.17) is 14.6 Å². The lowest BCUT2D eigenvalue weighted by atomic mass is 9.96. The summed E-state index contributed by atoms with van der Waals surface area (Å²) in [6.07, 6.45) is 1.59. The Bertz CT molecular complexity index is 583. The minimum atomic E-state index is -0.955. The van der Waals surface area contributed by atoms with E-state index in [9.17, 15) is 19.8 Å². The number of phenolic OH excluding ortho intramolecular Hbond substituents is 2. The second-order valence-corrected chi connectivity index (χ2v) is 5.71. The number of ether oxygens (including phenoxy) is 2. The molecule has 24 heavy (non-hydrogen) atoms. The maximum Gasteiger partial charge on any atom is 0.338 e. The first-order valence-electron chi connectivity index (χ1n) is 7.82. The molecule has 3 N–H and O–H groups in total. The molecular formula is C17H24O7. The Kier molecular flexibility index (Phi) is 7.35. The molecule has 2 atom stereocenters. The van der Waals surface area contributed by atoms with Crippen LogP contribution >= 0.6 is 0 Å². The number of hydrogen-bond acceptors (Lipinski definition) is 6. The van der Waals surface area contributed by atoms with Crippen LogP contribution in [0.5, 0.6) is 17.2 Å². The normalized spacial score (nSPS) is 13.1. The van der Waals surface area contributed by atoms with E-state index in [1.165, 1.54) is 13.2 Å². The Labute approximate surface area is 140 Å². The molecular weight excluding hydrogens is 316 g/mol. The van der Waals surface area contributed by atoms with E-state index >= 15 is 0 Å². The number of rotatable bonds is 9. The average molecular weight is 340 g/mol. The van der Waals surface area contributed by atoms with E-state index < -0.39 is 29.5 Å². The van der Waals surface area contributed by atoms with Gasteiger partial charge in [0.2, 0.25) is 5.75 Å². The Hall–Kier alpha value is -2.44. The van der Waals surface area contributed by atoms with Gasteiger partial charge < -0.3 is 24.8 Å². The first-order chi connectivity index (χ1) is 11.3. The number of phenols is 2. The molecule has 0 aromatic heterocycles. The molecule has 134 valence electrons. The SMILES string of the molecule is CCCC[C@H](OC(=O)c1cc(O)c(O)c(OC)c1)[C@@H](C)CC(=O)O. The number of carbonyl (C=O) groups excluding carboxylic acids is 1. The van der Waals surface area contributed by atoms with E-state index in [0.29, 0.717) is 6.42 Å². The van der Waals surface area contributed by atoms with Crippen LogP contribution in [0.25, 0.3) is 0 Å². The van der Waals surface area contributed by atoms with Crippen LogP contribution < -0.4 is 4.74 Å². The largest absolute Gasteiger partial charge is 0.504 e. The molecule has 0 heterocycles. The fourth-order valence-corrected chi connectivity index (χ4v) is 2.34. The molecule has 1 aromatic rings. The first kappa shape index (κ1) is 19.6. The summed E-state index contributed by atoms with van der Waals surface area (Å²) < 4.78 is 10.3. The van der Waals surface area contributed by atoms with Crippen LogP contribution in [-0.4, -0.2) is 40.5 Å². The second-order valence-electron chi connectivity index (χ2n) is 5.71. The molecule has 0 aliphatic heterocycles. The molecule has 7 heteroatoms. The monoisotopic (exact) mass is 340 g/mol. The molecule has 0 aliphatic carbocycles. The van der Waals surface area contributed by atoms with Gasteiger partial charge in [-0.2, -0.15) is 0 Å². The van der Waals surface area contributed by atoms with Gasteiger partial charge in [-0.05, 0) is 18.6 Å². The number of aromatic hydroxyl groups is 2. The molecule has 0 radical (unpaired) electrons. The van der Waals surface area contributed by atoms with Crippen molar-refractivity contribution in [2.75, 3.05) is 7.11 Å². The van der Waals surface area contributed by atoms with Crippen LogP contribution in [0.15, 0.2) is 12.1 Å². The Balaban J connectivity index is 2.94. The molecule has 0 unspecified atom stereocenters. The molecule has 0 amide bonds. The second kappa shape index (κ2) is 9.00. The smallest absolute Gasteiger partial charge is 0.338 e. The summed E-state index contributed by atoms with van der Waals surface area (Å²) >= 11 is 0. The molecule has 0 spiro atoms. The molecule has 7 nitrogen and oxygen atoms in total. The predicted molar refractivity (Wildman–Crippen MR) is 86.5 cm³/mol. The van der Waals surface area contributed by atoms with Crippen LogP contribution in [-0.2, 0) is 9.53 Å². The van der Waals surface area contributed by atoms with Crippen molar-refractivity contribution in [3.8, 4) is 17.2 Å². The highest BCUT2D eigenvalue weighted by Crippen LogP contribution is 2.36. The zero-order valence-corrected chi connectivity index (χ0v) is 14.1. The first-order valence-corrected chi connectivity index (χ1v) is 7.82.